The van der Waals surface area contributed by atoms with Gasteiger partial charge in [-0.25, -0.2) is 0 Å². The van der Waals surface area contributed by atoms with Gasteiger partial charge in [0.15, 0.2) is 0 Å². The number of halogens is 1. The van der Waals surface area contributed by atoms with Crippen molar-refractivity contribution in [1.82, 2.24) is 5.32 Å². The number of carbonyl (C=O) groups excluding carboxylic acids is 1. The zero-order valence-corrected chi connectivity index (χ0v) is 13.1. The molecule has 1 aliphatic carbocycles. The summed E-state index contributed by atoms with van der Waals surface area (Å²) in [6.45, 7) is 0. The number of nitrogens with one attached hydrogen (secondary N) is 1. The Kier molecular flexibility index (Phi) is 5.17. The van der Waals surface area contributed by atoms with E-state index in [0.717, 1.165) is 22.9 Å². The van der Waals surface area contributed by atoms with E-state index in [-0.39, 0.29) is 5.54 Å². The van der Waals surface area contributed by atoms with Crippen LogP contribution in [0.1, 0.15) is 44.1 Å². The maximum absolute atomic E-state index is 12.3. The Balaban J connectivity index is 1.98. The van der Waals surface area contributed by atoms with Gasteiger partial charge in [0, 0.05) is 22.9 Å². The summed E-state index contributed by atoms with van der Waals surface area (Å²) in [5.41, 5.74) is 1.14. The quantitative estimate of drug-likeness (QED) is 0.891. The lowest BCUT2D eigenvalue weighted by Crippen LogP contribution is -2.46. The first kappa shape index (κ1) is 14.7. The Bertz CT molecular complexity index is 438. The lowest BCUT2D eigenvalue weighted by atomic mass is 9.78. The van der Waals surface area contributed by atoms with E-state index in [0.29, 0.717) is 18.6 Å². The van der Waals surface area contributed by atoms with Crippen LogP contribution in [0.2, 0.25) is 0 Å². The Hall–Kier alpha value is -0.670. The van der Waals surface area contributed by atoms with Crippen molar-refractivity contribution in [1.29, 1.82) is 0 Å². The van der Waals surface area contributed by atoms with Gasteiger partial charge in [0.25, 0.3) is 0 Å². The van der Waals surface area contributed by atoms with Gasteiger partial charge in [-0.15, -0.1) is 0 Å². The zero-order chi connectivity index (χ0) is 13.7. The van der Waals surface area contributed by atoms with Crippen molar-refractivity contribution in [2.75, 3.05) is 7.05 Å². The van der Waals surface area contributed by atoms with Crippen molar-refractivity contribution < 1.29 is 4.79 Å². The van der Waals surface area contributed by atoms with Gasteiger partial charge in [0.2, 0.25) is 0 Å². The van der Waals surface area contributed by atoms with E-state index in [9.17, 15) is 4.79 Å². The van der Waals surface area contributed by atoms with Crippen LogP contribution in [0.3, 0.4) is 0 Å². The standard InChI is InChI=1S/C16H22BrNO/c1-18-16(9-5-2-6-10-16)12-14(19)11-13-7-3-4-8-15(13)17/h3-4,7-8,18H,2,5-6,9-12H2,1H3. The average molecular weight is 324 g/mol. The molecule has 0 unspecified atom stereocenters. The van der Waals surface area contributed by atoms with Crippen molar-refractivity contribution >= 4 is 21.7 Å². The van der Waals surface area contributed by atoms with E-state index < -0.39 is 0 Å². The highest BCUT2D eigenvalue weighted by molar-refractivity contribution is 9.10. The van der Waals surface area contributed by atoms with Gasteiger partial charge >= 0.3 is 0 Å². The zero-order valence-electron chi connectivity index (χ0n) is 11.5. The van der Waals surface area contributed by atoms with Crippen LogP contribution in [0.25, 0.3) is 0 Å². The SMILES string of the molecule is CNC1(CC(=O)Cc2ccccc2Br)CCCCC1. The minimum atomic E-state index is 0.0522. The molecule has 19 heavy (non-hydrogen) atoms. The molecule has 0 bridgehead atoms. The molecule has 1 N–H and O–H groups in total. The predicted molar refractivity (Wildman–Crippen MR) is 82.3 cm³/mol. The third-order valence-corrected chi connectivity index (χ3v) is 5.00. The molecule has 2 rings (SSSR count). The van der Waals surface area contributed by atoms with E-state index in [1.165, 1.54) is 19.3 Å². The van der Waals surface area contributed by atoms with Crippen molar-refractivity contribution in [2.24, 2.45) is 0 Å². The number of Topliss-reactive ketones (excluding diaryl/α,β-unsaturated/α-hetero) is 1. The van der Waals surface area contributed by atoms with Crippen LogP contribution in [0.4, 0.5) is 0 Å². The fourth-order valence-corrected chi connectivity index (χ4v) is 3.46. The highest BCUT2D eigenvalue weighted by Crippen LogP contribution is 2.31. The molecule has 0 spiro atoms. The normalized spacial score (nSPS) is 18.2. The van der Waals surface area contributed by atoms with Crippen molar-refractivity contribution in [2.45, 2.75) is 50.5 Å². The van der Waals surface area contributed by atoms with E-state index >= 15 is 0 Å². The van der Waals surface area contributed by atoms with Gasteiger partial charge in [-0.3, -0.25) is 4.79 Å². The van der Waals surface area contributed by atoms with Crippen LogP contribution >= 0.6 is 15.9 Å². The van der Waals surface area contributed by atoms with Crippen LogP contribution in [-0.2, 0) is 11.2 Å². The van der Waals surface area contributed by atoms with E-state index in [4.69, 9.17) is 0 Å². The molecule has 1 aromatic rings. The maximum Gasteiger partial charge on any atom is 0.139 e. The third-order valence-electron chi connectivity index (χ3n) is 4.22. The number of ketones is 1. The maximum atomic E-state index is 12.3. The molecule has 3 heteroatoms. The number of benzene rings is 1. The predicted octanol–water partition coefficient (Wildman–Crippen LogP) is 3.87. The van der Waals surface area contributed by atoms with Crippen LogP contribution in [-0.4, -0.2) is 18.4 Å². The first-order valence-corrected chi connectivity index (χ1v) is 7.88. The summed E-state index contributed by atoms with van der Waals surface area (Å²) in [7, 11) is 2.00. The second-order valence-corrected chi connectivity index (χ2v) is 6.43. The Morgan fingerprint density at radius 2 is 1.95 bits per heavy atom. The summed E-state index contributed by atoms with van der Waals surface area (Å²) < 4.78 is 1.03. The number of rotatable bonds is 5. The van der Waals surface area contributed by atoms with Crippen molar-refractivity contribution in [3.05, 3.63) is 34.3 Å². The highest BCUT2D eigenvalue weighted by Gasteiger charge is 2.32. The first-order chi connectivity index (χ1) is 9.15. The summed E-state index contributed by atoms with van der Waals surface area (Å²) in [5, 5.41) is 3.42. The Labute approximate surface area is 124 Å². The minimum absolute atomic E-state index is 0.0522. The monoisotopic (exact) mass is 323 g/mol. The molecule has 0 saturated heterocycles. The van der Waals surface area contributed by atoms with Crippen LogP contribution < -0.4 is 5.32 Å². The topological polar surface area (TPSA) is 29.1 Å². The number of hydrogen-bond donors (Lipinski definition) is 1. The molecule has 0 radical (unpaired) electrons. The van der Waals surface area contributed by atoms with Gasteiger partial charge in [-0.05, 0) is 31.5 Å². The second kappa shape index (κ2) is 6.67. The number of hydrogen-bond acceptors (Lipinski definition) is 2. The minimum Gasteiger partial charge on any atom is -0.314 e. The van der Waals surface area contributed by atoms with Crippen LogP contribution in [0, 0.1) is 0 Å². The second-order valence-electron chi connectivity index (χ2n) is 5.57. The molecular formula is C16H22BrNO. The molecule has 104 valence electrons. The summed E-state index contributed by atoms with van der Waals surface area (Å²) in [4.78, 5) is 12.3. The molecule has 1 saturated carbocycles. The Morgan fingerprint density at radius 1 is 1.26 bits per heavy atom. The van der Waals surface area contributed by atoms with Crippen LogP contribution in [0.15, 0.2) is 28.7 Å². The van der Waals surface area contributed by atoms with E-state index in [2.05, 4.69) is 21.2 Å². The fourth-order valence-electron chi connectivity index (χ4n) is 3.04. The molecule has 1 aliphatic rings. The Morgan fingerprint density at radius 3 is 2.58 bits per heavy atom. The van der Waals surface area contributed by atoms with Gasteiger partial charge in [-0.2, -0.15) is 0 Å². The summed E-state index contributed by atoms with van der Waals surface area (Å²) >= 11 is 3.51. The fraction of sp³-hybridized carbons (Fsp3) is 0.562. The summed E-state index contributed by atoms with van der Waals surface area (Å²) in [6, 6.07) is 7.99. The number of carbonyl (C=O) groups is 1. The smallest absolute Gasteiger partial charge is 0.139 e. The molecule has 0 aromatic heterocycles. The summed E-state index contributed by atoms with van der Waals surface area (Å²) in [5.74, 6) is 0.336. The van der Waals surface area contributed by atoms with E-state index in [1.54, 1.807) is 0 Å². The average Bonchev–Trinajstić information content (AvgIpc) is 2.42. The lowest BCUT2D eigenvalue weighted by molar-refractivity contribution is -0.120. The van der Waals surface area contributed by atoms with Crippen molar-refractivity contribution in [3.63, 3.8) is 0 Å². The molecular weight excluding hydrogens is 302 g/mol. The van der Waals surface area contributed by atoms with Gasteiger partial charge in [0.1, 0.15) is 5.78 Å². The summed E-state index contributed by atoms with van der Waals surface area (Å²) in [6.07, 6.45) is 7.24. The molecule has 1 fully saturated rings. The van der Waals surface area contributed by atoms with E-state index in [1.807, 2.05) is 31.3 Å². The lowest BCUT2D eigenvalue weighted by Gasteiger charge is -2.36. The van der Waals surface area contributed by atoms with Crippen LogP contribution in [0.5, 0.6) is 0 Å². The van der Waals surface area contributed by atoms with Gasteiger partial charge in [-0.1, -0.05) is 53.4 Å². The van der Waals surface area contributed by atoms with Crippen molar-refractivity contribution in [3.8, 4) is 0 Å². The van der Waals surface area contributed by atoms with Gasteiger partial charge in [0.05, 0.1) is 0 Å². The molecule has 1 aromatic carbocycles. The molecule has 0 heterocycles. The first-order valence-electron chi connectivity index (χ1n) is 7.09. The largest absolute Gasteiger partial charge is 0.314 e. The third kappa shape index (κ3) is 3.90. The van der Waals surface area contributed by atoms with Gasteiger partial charge < -0.3 is 5.32 Å². The molecule has 2 nitrogen and oxygen atoms in total. The molecule has 0 aliphatic heterocycles. The highest BCUT2D eigenvalue weighted by atomic mass is 79.9. The molecule has 0 atom stereocenters. The molecule has 0 amide bonds.